The number of aryl methyl sites for hydroxylation is 1. The summed E-state index contributed by atoms with van der Waals surface area (Å²) in [5.41, 5.74) is 1.39. The number of rotatable bonds is 6. The smallest absolute Gasteiger partial charge is 0.315 e. The third kappa shape index (κ3) is 4.12. The van der Waals surface area contributed by atoms with Crippen molar-refractivity contribution in [2.75, 3.05) is 14.1 Å². The number of nitrogens with zero attached hydrogens (tertiary/aromatic N) is 3. The first kappa shape index (κ1) is 18.0. The molecule has 9 heteroatoms. The van der Waals surface area contributed by atoms with Gasteiger partial charge < -0.3 is 10.6 Å². The van der Waals surface area contributed by atoms with Gasteiger partial charge in [0.25, 0.3) is 0 Å². The van der Waals surface area contributed by atoms with Crippen molar-refractivity contribution in [2.24, 2.45) is 7.05 Å². The fraction of sp³-hybridized carbons (Fsp3) is 0.333. The van der Waals surface area contributed by atoms with Crippen molar-refractivity contribution in [2.45, 2.75) is 18.0 Å². The number of nitrogens with one attached hydrogen (secondary N) is 2. The second kappa shape index (κ2) is 7.45. The first-order chi connectivity index (χ1) is 11.3. The molecule has 2 rings (SSSR count). The van der Waals surface area contributed by atoms with Gasteiger partial charge in [0.1, 0.15) is 0 Å². The zero-order valence-electron chi connectivity index (χ0n) is 13.9. The average molecular weight is 351 g/mol. The molecule has 2 N–H and O–H groups in total. The quantitative estimate of drug-likeness (QED) is 0.799. The normalized spacial score (nSPS) is 11.5. The lowest BCUT2D eigenvalue weighted by atomic mass is 10.2. The molecular weight excluding hydrogens is 330 g/mol. The first-order valence-corrected chi connectivity index (χ1v) is 8.75. The number of benzene rings is 1. The molecule has 2 amide bonds. The highest BCUT2D eigenvalue weighted by molar-refractivity contribution is 7.89. The number of hydrogen-bond donors (Lipinski definition) is 2. The van der Waals surface area contributed by atoms with Crippen molar-refractivity contribution in [3.8, 4) is 0 Å². The highest BCUT2D eigenvalue weighted by Crippen LogP contribution is 2.18. The van der Waals surface area contributed by atoms with E-state index in [2.05, 4.69) is 15.7 Å². The van der Waals surface area contributed by atoms with E-state index in [4.69, 9.17) is 0 Å². The lowest BCUT2D eigenvalue weighted by Gasteiger charge is -2.15. The van der Waals surface area contributed by atoms with Gasteiger partial charge in [0.15, 0.2) is 0 Å². The molecule has 0 spiro atoms. The topological polar surface area (TPSA) is 96.3 Å². The number of hydrogen-bond acceptors (Lipinski definition) is 4. The van der Waals surface area contributed by atoms with E-state index in [0.717, 1.165) is 10.00 Å². The SMILES string of the molecule is CN(C)S(=O)(=O)c1ccccc1CNC(=O)NCc1ccnn1C. The molecule has 8 nitrogen and oxygen atoms in total. The van der Waals surface area contributed by atoms with Crippen LogP contribution in [0.1, 0.15) is 11.3 Å². The zero-order chi connectivity index (χ0) is 17.7. The van der Waals surface area contributed by atoms with Crippen LogP contribution in [-0.2, 0) is 30.2 Å². The van der Waals surface area contributed by atoms with Crippen molar-refractivity contribution >= 4 is 16.1 Å². The van der Waals surface area contributed by atoms with E-state index in [-0.39, 0.29) is 17.5 Å². The molecule has 0 aliphatic rings. The van der Waals surface area contributed by atoms with E-state index in [9.17, 15) is 13.2 Å². The van der Waals surface area contributed by atoms with Gasteiger partial charge in [-0.25, -0.2) is 17.5 Å². The van der Waals surface area contributed by atoms with Crippen molar-refractivity contribution in [3.63, 3.8) is 0 Å². The molecule has 0 saturated carbocycles. The van der Waals surface area contributed by atoms with Gasteiger partial charge in [0.05, 0.1) is 17.1 Å². The van der Waals surface area contributed by atoms with Crippen molar-refractivity contribution in [1.82, 2.24) is 24.7 Å². The van der Waals surface area contributed by atoms with Crippen LogP contribution in [0.4, 0.5) is 4.79 Å². The van der Waals surface area contributed by atoms with E-state index < -0.39 is 10.0 Å². The summed E-state index contributed by atoms with van der Waals surface area (Å²) in [4.78, 5) is 12.1. The maximum atomic E-state index is 12.3. The Kier molecular flexibility index (Phi) is 5.58. The van der Waals surface area contributed by atoms with E-state index in [1.165, 1.54) is 20.2 Å². The molecule has 0 fully saturated rings. The lowest BCUT2D eigenvalue weighted by Crippen LogP contribution is -2.35. The maximum Gasteiger partial charge on any atom is 0.315 e. The van der Waals surface area contributed by atoms with Gasteiger partial charge in [-0.15, -0.1) is 0 Å². The van der Waals surface area contributed by atoms with Crippen LogP contribution >= 0.6 is 0 Å². The highest BCUT2D eigenvalue weighted by atomic mass is 32.2. The molecule has 0 atom stereocenters. The van der Waals surface area contributed by atoms with Gasteiger partial charge >= 0.3 is 6.03 Å². The van der Waals surface area contributed by atoms with Crippen LogP contribution in [0.5, 0.6) is 0 Å². The molecule has 130 valence electrons. The predicted molar refractivity (Wildman–Crippen MR) is 89.6 cm³/mol. The lowest BCUT2D eigenvalue weighted by molar-refractivity contribution is 0.239. The Morgan fingerprint density at radius 1 is 1.17 bits per heavy atom. The van der Waals surface area contributed by atoms with E-state index >= 15 is 0 Å². The first-order valence-electron chi connectivity index (χ1n) is 7.31. The number of aromatic nitrogens is 2. The molecule has 0 radical (unpaired) electrons. The molecule has 0 aliphatic heterocycles. The molecule has 1 aromatic carbocycles. The largest absolute Gasteiger partial charge is 0.334 e. The second-order valence-corrected chi connectivity index (χ2v) is 7.50. The Morgan fingerprint density at radius 3 is 2.46 bits per heavy atom. The fourth-order valence-corrected chi connectivity index (χ4v) is 3.20. The molecule has 0 aliphatic carbocycles. The van der Waals surface area contributed by atoms with E-state index in [1.54, 1.807) is 42.2 Å². The average Bonchev–Trinajstić information content (AvgIpc) is 2.96. The summed E-state index contributed by atoms with van der Waals surface area (Å²) < 4.78 is 27.4. The van der Waals surface area contributed by atoms with Crippen LogP contribution in [0.15, 0.2) is 41.4 Å². The van der Waals surface area contributed by atoms with Crippen molar-refractivity contribution in [3.05, 3.63) is 47.8 Å². The molecule has 0 unspecified atom stereocenters. The van der Waals surface area contributed by atoms with Crippen LogP contribution in [-0.4, -0.2) is 42.6 Å². The molecule has 2 aromatic rings. The van der Waals surface area contributed by atoms with Crippen LogP contribution in [0, 0.1) is 0 Å². The van der Waals surface area contributed by atoms with Gasteiger partial charge in [0.2, 0.25) is 10.0 Å². The van der Waals surface area contributed by atoms with Gasteiger partial charge in [-0.1, -0.05) is 18.2 Å². The Bertz CT molecular complexity index is 814. The summed E-state index contributed by atoms with van der Waals surface area (Å²) in [5.74, 6) is 0. The van der Waals surface area contributed by atoms with E-state index in [1.807, 2.05) is 0 Å². The molecule has 1 aromatic heterocycles. The minimum Gasteiger partial charge on any atom is -0.334 e. The number of carbonyl (C=O) groups excluding carboxylic acids is 1. The van der Waals surface area contributed by atoms with Crippen LogP contribution in [0.3, 0.4) is 0 Å². The Hall–Kier alpha value is -2.39. The summed E-state index contributed by atoms with van der Waals surface area (Å²) in [6.45, 7) is 0.445. The number of sulfonamides is 1. The predicted octanol–water partition coefficient (Wildman–Crippen LogP) is 0.670. The summed E-state index contributed by atoms with van der Waals surface area (Å²) in [6, 6.07) is 8.02. The Morgan fingerprint density at radius 2 is 1.83 bits per heavy atom. The standard InChI is InChI=1S/C15H21N5O3S/c1-19(2)24(22,23)14-7-5-4-6-12(14)10-16-15(21)17-11-13-8-9-18-20(13)3/h4-9H,10-11H2,1-3H3,(H2,16,17,21). The number of carbonyl (C=O) groups is 1. The number of amides is 2. The van der Waals surface area contributed by atoms with Crippen LogP contribution < -0.4 is 10.6 Å². The third-order valence-electron chi connectivity index (χ3n) is 3.52. The van der Waals surface area contributed by atoms with Gasteiger partial charge in [-0.05, 0) is 17.7 Å². The zero-order valence-corrected chi connectivity index (χ0v) is 14.7. The van der Waals surface area contributed by atoms with Crippen molar-refractivity contribution < 1.29 is 13.2 Å². The monoisotopic (exact) mass is 351 g/mol. The summed E-state index contributed by atoms with van der Waals surface area (Å²) >= 11 is 0. The van der Waals surface area contributed by atoms with Crippen molar-refractivity contribution in [1.29, 1.82) is 0 Å². The summed E-state index contributed by atoms with van der Waals surface area (Å²) in [6.07, 6.45) is 1.65. The second-order valence-electron chi connectivity index (χ2n) is 5.38. The highest BCUT2D eigenvalue weighted by Gasteiger charge is 2.20. The summed E-state index contributed by atoms with van der Waals surface area (Å²) in [5, 5.41) is 9.39. The minimum atomic E-state index is -3.56. The summed E-state index contributed by atoms with van der Waals surface area (Å²) in [7, 11) is 1.17. The van der Waals surface area contributed by atoms with Gasteiger partial charge in [-0.3, -0.25) is 4.68 Å². The maximum absolute atomic E-state index is 12.3. The Labute approximate surface area is 141 Å². The minimum absolute atomic E-state index is 0.112. The third-order valence-corrected chi connectivity index (χ3v) is 5.44. The molecule has 24 heavy (non-hydrogen) atoms. The molecule has 0 bridgehead atoms. The molecular formula is C15H21N5O3S. The fourth-order valence-electron chi connectivity index (χ4n) is 2.08. The number of urea groups is 1. The van der Waals surface area contributed by atoms with Gasteiger partial charge in [-0.2, -0.15) is 5.10 Å². The Balaban J connectivity index is 2.00. The molecule has 1 heterocycles. The van der Waals surface area contributed by atoms with E-state index in [0.29, 0.717) is 12.1 Å². The van der Waals surface area contributed by atoms with Crippen LogP contribution in [0.2, 0.25) is 0 Å². The van der Waals surface area contributed by atoms with Gasteiger partial charge in [0, 0.05) is 33.9 Å². The van der Waals surface area contributed by atoms with Crippen LogP contribution in [0.25, 0.3) is 0 Å². The molecule has 0 saturated heterocycles.